The van der Waals surface area contributed by atoms with Gasteiger partial charge in [-0.25, -0.2) is 0 Å². The van der Waals surface area contributed by atoms with Crippen molar-refractivity contribution in [2.75, 3.05) is 19.7 Å². The van der Waals surface area contributed by atoms with Crippen molar-refractivity contribution in [3.8, 4) is 0 Å². The molecule has 1 heterocycles. The highest BCUT2D eigenvalue weighted by molar-refractivity contribution is 5.77. The van der Waals surface area contributed by atoms with E-state index in [1.807, 2.05) is 4.90 Å². The highest BCUT2D eigenvalue weighted by Gasteiger charge is 2.53. The Kier molecular flexibility index (Phi) is 1.42. The molecule has 62 valence electrons. The van der Waals surface area contributed by atoms with Gasteiger partial charge in [-0.2, -0.15) is 0 Å². The van der Waals surface area contributed by atoms with E-state index in [0.717, 1.165) is 13.1 Å². The molecule has 0 bridgehead atoms. The van der Waals surface area contributed by atoms with Crippen LogP contribution in [-0.4, -0.2) is 35.6 Å². The minimum absolute atomic E-state index is 0.0116. The molecule has 1 aliphatic heterocycles. The molecular weight excluding hydrogens is 142 g/mol. The number of nitrogens with zero attached hydrogens (tertiary/aromatic N) is 1. The number of aliphatic hydroxyl groups excluding tert-OH is 1. The van der Waals surface area contributed by atoms with E-state index >= 15 is 0 Å². The van der Waals surface area contributed by atoms with Gasteiger partial charge in [0, 0.05) is 24.9 Å². The summed E-state index contributed by atoms with van der Waals surface area (Å²) in [7, 11) is 0. The SMILES string of the molecule is O=C(CCO)N1CC2(CC2)C1. The van der Waals surface area contributed by atoms with Crippen LogP contribution in [0.15, 0.2) is 0 Å². The topological polar surface area (TPSA) is 40.5 Å². The molecule has 0 aromatic carbocycles. The Morgan fingerprint density at radius 3 is 2.55 bits per heavy atom. The van der Waals surface area contributed by atoms with Crippen LogP contribution >= 0.6 is 0 Å². The second kappa shape index (κ2) is 2.21. The molecule has 0 aromatic heterocycles. The van der Waals surface area contributed by atoms with Crippen molar-refractivity contribution in [3.05, 3.63) is 0 Å². The van der Waals surface area contributed by atoms with Crippen LogP contribution in [0.1, 0.15) is 19.3 Å². The smallest absolute Gasteiger partial charge is 0.224 e. The lowest BCUT2D eigenvalue weighted by molar-refractivity contribution is -0.139. The largest absolute Gasteiger partial charge is 0.396 e. The average Bonchev–Trinajstić information content (AvgIpc) is 2.62. The number of aliphatic hydroxyl groups is 1. The van der Waals surface area contributed by atoms with E-state index in [-0.39, 0.29) is 12.5 Å². The Labute approximate surface area is 66.0 Å². The van der Waals surface area contributed by atoms with Crippen LogP contribution in [0, 0.1) is 5.41 Å². The first kappa shape index (κ1) is 7.10. The Balaban J connectivity index is 1.76. The number of hydrogen-bond donors (Lipinski definition) is 1. The minimum atomic E-state index is -0.0116. The molecule has 2 aliphatic rings. The molecule has 2 rings (SSSR count). The molecular formula is C8H13NO2. The van der Waals surface area contributed by atoms with Crippen LogP contribution in [0.5, 0.6) is 0 Å². The Bertz CT molecular complexity index is 179. The van der Waals surface area contributed by atoms with Crippen LogP contribution in [0.4, 0.5) is 0 Å². The fourth-order valence-corrected chi connectivity index (χ4v) is 1.69. The van der Waals surface area contributed by atoms with Crippen LogP contribution in [0.25, 0.3) is 0 Å². The first-order chi connectivity index (χ1) is 5.26. The predicted molar refractivity (Wildman–Crippen MR) is 39.9 cm³/mol. The lowest BCUT2D eigenvalue weighted by atomic mass is 9.96. The molecule has 2 fully saturated rings. The van der Waals surface area contributed by atoms with Crippen LogP contribution in [-0.2, 0) is 4.79 Å². The normalized spacial score (nSPS) is 25.0. The molecule has 3 nitrogen and oxygen atoms in total. The first-order valence-electron chi connectivity index (χ1n) is 4.14. The van der Waals surface area contributed by atoms with E-state index < -0.39 is 0 Å². The molecule has 1 saturated heterocycles. The third-order valence-corrected chi connectivity index (χ3v) is 2.69. The molecule has 0 atom stereocenters. The molecule has 1 aliphatic carbocycles. The summed E-state index contributed by atoms with van der Waals surface area (Å²) in [6, 6.07) is 0. The zero-order valence-corrected chi connectivity index (χ0v) is 6.55. The summed E-state index contributed by atoms with van der Waals surface area (Å²) in [5.74, 6) is 0.116. The quantitative estimate of drug-likeness (QED) is 0.609. The lowest BCUT2D eigenvalue weighted by Gasteiger charge is -2.39. The average molecular weight is 155 g/mol. The first-order valence-corrected chi connectivity index (χ1v) is 4.14. The molecule has 0 aromatic rings. The van der Waals surface area contributed by atoms with Crippen molar-refractivity contribution < 1.29 is 9.90 Å². The minimum Gasteiger partial charge on any atom is -0.396 e. The van der Waals surface area contributed by atoms with Crippen molar-refractivity contribution in [3.63, 3.8) is 0 Å². The summed E-state index contributed by atoms with van der Waals surface area (Å²) >= 11 is 0. The molecule has 1 amide bonds. The summed E-state index contributed by atoms with van der Waals surface area (Å²) in [6.07, 6.45) is 2.90. The van der Waals surface area contributed by atoms with Gasteiger partial charge in [-0.1, -0.05) is 0 Å². The van der Waals surface area contributed by atoms with Crippen molar-refractivity contribution in [1.82, 2.24) is 4.90 Å². The van der Waals surface area contributed by atoms with E-state index in [0.29, 0.717) is 11.8 Å². The summed E-state index contributed by atoms with van der Waals surface area (Å²) in [5, 5.41) is 8.50. The molecule has 0 radical (unpaired) electrons. The van der Waals surface area contributed by atoms with Gasteiger partial charge in [0.05, 0.1) is 6.61 Å². The zero-order chi connectivity index (χ0) is 7.90. The van der Waals surface area contributed by atoms with Gasteiger partial charge in [-0.05, 0) is 12.8 Å². The molecule has 11 heavy (non-hydrogen) atoms. The Morgan fingerprint density at radius 2 is 2.09 bits per heavy atom. The Morgan fingerprint density at radius 1 is 1.45 bits per heavy atom. The lowest BCUT2D eigenvalue weighted by Crippen LogP contribution is -2.51. The fraction of sp³-hybridized carbons (Fsp3) is 0.875. The maximum Gasteiger partial charge on any atom is 0.224 e. The van der Waals surface area contributed by atoms with E-state index in [4.69, 9.17) is 5.11 Å². The highest BCUT2D eigenvalue weighted by Crippen LogP contribution is 2.52. The molecule has 0 unspecified atom stereocenters. The van der Waals surface area contributed by atoms with Crippen LogP contribution in [0.2, 0.25) is 0 Å². The van der Waals surface area contributed by atoms with Crippen molar-refractivity contribution in [1.29, 1.82) is 0 Å². The van der Waals surface area contributed by atoms with E-state index in [2.05, 4.69) is 0 Å². The van der Waals surface area contributed by atoms with Gasteiger partial charge in [0.15, 0.2) is 0 Å². The summed E-state index contributed by atoms with van der Waals surface area (Å²) < 4.78 is 0. The van der Waals surface area contributed by atoms with Gasteiger partial charge in [0.1, 0.15) is 0 Å². The second-order valence-electron chi connectivity index (χ2n) is 3.72. The van der Waals surface area contributed by atoms with Gasteiger partial charge >= 0.3 is 0 Å². The third-order valence-electron chi connectivity index (χ3n) is 2.69. The van der Waals surface area contributed by atoms with Crippen LogP contribution < -0.4 is 0 Å². The highest BCUT2D eigenvalue weighted by atomic mass is 16.3. The number of carbonyl (C=O) groups excluding carboxylic acids is 1. The monoisotopic (exact) mass is 155 g/mol. The molecule has 1 N–H and O–H groups in total. The number of likely N-dealkylation sites (tertiary alicyclic amines) is 1. The maximum atomic E-state index is 11.1. The number of amides is 1. The number of carbonyl (C=O) groups is 1. The Hall–Kier alpha value is -0.570. The number of hydrogen-bond acceptors (Lipinski definition) is 2. The zero-order valence-electron chi connectivity index (χ0n) is 6.55. The summed E-state index contributed by atoms with van der Waals surface area (Å²) in [5.41, 5.74) is 0.547. The van der Waals surface area contributed by atoms with Gasteiger partial charge in [0.2, 0.25) is 5.91 Å². The van der Waals surface area contributed by atoms with Crippen LogP contribution in [0.3, 0.4) is 0 Å². The van der Waals surface area contributed by atoms with Crippen molar-refractivity contribution >= 4 is 5.91 Å². The summed E-state index contributed by atoms with van der Waals surface area (Å²) in [6.45, 7) is 1.89. The fourth-order valence-electron chi connectivity index (χ4n) is 1.69. The third kappa shape index (κ3) is 1.13. The van der Waals surface area contributed by atoms with E-state index in [1.54, 1.807) is 0 Å². The number of rotatable bonds is 2. The summed E-state index contributed by atoms with van der Waals surface area (Å²) in [4.78, 5) is 13.0. The molecule has 3 heteroatoms. The standard InChI is InChI=1S/C8H13NO2/c10-4-1-7(11)9-5-8(6-9)2-3-8/h10H,1-6H2. The maximum absolute atomic E-state index is 11.1. The second-order valence-corrected chi connectivity index (χ2v) is 3.72. The van der Waals surface area contributed by atoms with Crippen molar-refractivity contribution in [2.24, 2.45) is 5.41 Å². The van der Waals surface area contributed by atoms with Gasteiger partial charge in [-0.3, -0.25) is 4.79 Å². The van der Waals surface area contributed by atoms with Crippen molar-refractivity contribution in [2.45, 2.75) is 19.3 Å². The predicted octanol–water partition coefficient (Wildman–Crippen LogP) is -0.00880. The van der Waals surface area contributed by atoms with E-state index in [9.17, 15) is 4.79 Å². The molecule has 1 saturated carbocycles. The molecule has 1 spiro atoms. The van der Waals surface area contributed by atoms with E-state index in [1.165, 1.54) is 12.8 Å². The van der Waals surface area contributed by atoms with Gasteiger partial charge in [0.25, 0.3) is 0 Å². The van der Waals surface area contributed by atoms with Gasteiger partial charge in [-0.15, -0.1) is 0 Å². The van der Waals surface area contributed by atoms with Gasteiger partial charge < -0.3 is 10.0 Å².